The smallest absolute Gasteiger partial charge is 0.243 e. The highest BCUT2D eigenvalue weighted by molar-refractivity contribution is 7.71. The van der Waals surface area contributed by atoms with Gasteiger partial charge in [-0.1, -0.05) is 62.8 Å². The molecule has 2 rings (SSSR count). The van der Waals surface area contributed by atoms with E-state index in [1.807, 2.05) is 44.2 Å². The third-order valence-corrected chi connectivity index (χ3v) is 5.54. The second-order valence-electron chi connectivity index (χ2n) is 7.28. The molecule has 0 aliphatic rings. The van der Waals surface area contributed by atoms with Crippen LogP contribution in [-0.4, -0.2) is 43.2 Å². The number of amides is 2. The molecule has 0 saturated carbocycles. The molecule has 0 fully saturated rings. The van der Waals surface area contributed by atoms with Crippen molar-refractivity contribution in [3.05, 3.63) is 50.6 Å². The second-order valence-corrected chi connectivity index (χ2v) is 7.69. The van der Waals surface area contributed by atoms with E-state index in [1.54, 1.807) is 0 Å². The minimum absolute atomic E-state index is 0.0122. The topological polar surface area (TPSA) is 111 Å². The van der Waals surface area contributed by atoms with E-state index in [0.717, 1.165) is 10.6 Å². The number of benzene rings is 1. The highest BCUT2D eigenvalue weighted by Crippen LogP contribution is 2.27. The molecular weight excluding hydrogens is 404 g/mol. The summed E-state index contributed by atoms with van der Waals surface area (Å²) in [7, 11) is 2.87. The molecule has 0 heterocycles. The van der Waals surface area contributed by atoms with Gasteiger partial charge in [-0.25, -0.2) is 0 Å². The molecule has 2 amide bonds. The van der Waals surface area contributed by atoms with Crippen LogP contribution in [0.5, 0.6) is 0 Å². The molecule has 0 aromatic heterocycles. The fraction of sp³-hybridized carbons (Fsp3) is 0.429. The van der Waals surface area contributed by atoms with Gasteiger partial charge in [-0.2, -0.15) is 0 Å². The number of hydroxylamine groups is 1. The molecule has 0 saturated heterocycles. The van der Waals surface area contributed by atoms with Crippen LogP contribution in [0.1, 0.15) is 25.8 Å². The van der Waals surface area contributed by atoms with Gasteiger partial charge in [-0.05, 0) is 11.5 Å². The van der Waals surface area contributed by atoms with Crippen molar-refractivity contribution in [1.82, 2.24) is 10.6 Å². The van der Waals surface area contributed by atoms with Gasteiger partial charge in [0.1, 0.15) is 28.0 Å². The summed E-state index contributed by atoms with van der Waals surface area (Å²) in [5, 5.41) is 18.8. The summed E-state index contributed by atoms with van der Waals surface area (Å²) in [6, 6.07) is 7.82. The normalized spacial score (nSPS) is 13.9. The van der Waals surface area contributed by atoms with E-state index >= 15 is 0 Å². The number of rotatable bonds is 10. The number of carbonyl (C=O) groups is 2. The average Bonchev–Trinajstić information content (AvgIpc) is 2.74. The molecule has 4 N–H and O–H groups in total. The molecule has 0 aliphatic heterocycles. The van der Waals surface area contributed by atoms with E-state index in [1.165, 1.54) is 14.1 Å². The van der Waals surface area contributed by atoms with Gasteiger partial charge in [0.2, 0.25) is 17.2 Å². The third-order valence-electron chi connectivity index (χ3n) is 5.17. The fourth-order valence-electron chi connectivity index (χ4n) is 3.17. The molecule has 0 spiro atoms. The Kier molecular flexibility index (Phi) is 8.08. The zero-order valence-corrected chi connectivity index (χ0v) is 18.4. The predicted molar refractivity (Wildman–Crippen MR) is 119 cm³/mol. The van der Waals surface area contributed by atoms with Gasteiger partial charge in [-0.15, -0.1) is 0 Å². The zero-order chi connectivity index (χ0) is 22.4. The van der Waals surface area contributed by atoms with E-state index in [0.29, 0.717) is 12.8 Å². The zero-order valence-electron chi connectivity index (χ0n) is 17.6. The number of hydrogen-bond donors (Lipinski definition) is 4. The van der Waals surface area contributed by atoms with Crippen molar-refractivity contribution in [3.8, 4) is 0 Å². The first-order valence-electron chi connectivity index (χ1n) is 9.79. The third kappa shape index (κ3) is 5.22. The Bertz CT molecular complexity index is 954. The summed E-state index contributed by atoms with van der Waals surface area (Å²) in [6.07, 6.45) is 0.987. The Hall–Kier alpha value is -2.78. The van der Waals surface area contributed by atoms with Crippen molar-refractivity contribution in [3.63, 3.8) is 0 Å². The Labute approximate surface area is 180 Å². The van der Waals surface area contributed by atoms with Gasteiger partial charge < -0.3 is 16.0 Å². The van der Waals surface area contributed by atoms with Crippen molar-refractivity contribution in [2.75, 3.05) is 24.5 Å². The highest BCUT2D eigenvalue weighted by Gasteiger charge is 2.31. The lowest BCUT2D eigenvalue weighted by atomic mass is 9.96. The minimum Gasteiger partial charge on any atom is -0.368 e. The predicted octanol–water partition coefficient (Wildman–Crippen LogP) is 1.78. The maximum Gasteiger partial charge on any atom is 0.243 e. The minimum atomic E-state index is -0.782. The average molecular weight is 433 g/mol. The summed E-state index contributed by atoms with van der Waals surface area (Å²) in [6.45, 7) is 3.79. The highest BCUT2D eigenvalue weighted by atomic mass is 32.1. The molecule has 0 radical (unpaired) electrons. The van der Waals surface area contributed by atoms with Crippen molar-refractivity contribution in [2.24, 2.45) is 5.92 Å². The molecule has 8 nitrogen and oxygen atoms in total. The van der Waals surface area contributed by atoms with Crippen molar-refractivity contribution < 1.29 is 14.8 Å². The molecule has 2 aromatic rings. The van der Waals surface area contributed by atoms with Crippen molar-refractivity contribution >= 4 is 35.4 Å². The fourth-order valence-corrected chi connectivity index (χ4v) is 3.51. The second kappa shape index (κ2) is 10.3. The van der Waals surface area contributed by atoms with Crippen LogP contribution in [0.2, 0.25) is 0 Å². The van der Waals surface area contributed by atoms with Crippen LogP contribution in [-0.2, 0) is 16.0 Å². The number of likely N-dealkylation sites (N-methyl/N-ethyl adjacent to an activating group) is 1. The SMILES string of the molecule is CCC(C)[C@H](Nc1c(N(C)O)c(=S)c1=O)C(=O)N[C@@H](Cc1ccccc1)C(=O)NC. The molecule has 3 atom stereocenters. The number of anilines is 2. The Morgan fingerprint density at radius 2 is 1.83 bits per heavy atom. The number of nitrogens with one attached hydrogen (secondary N) is 3. The summed E-state index contributed by atoms with van der Waals surface area (Å²) < 4.78 is 0.0122. The summed E-state index contributed by atoms with van der Waals surface area (Å²) in [5.74, 6) is -0.871. The molecule has 2 aromatic carbocycles. The monoisotopic (exact) mass is 432 g/mol. The maximum atomic E-state index is 13.1. The Morgan fingerprint density at radius 3 is 2.37 bits per heavy atom. The number of nitrogens with zero attached hydrogens (tertiary/aromatic N) is 1. The molecule has 1 unspecified atom stereocenters. The number of hydrogen-bond acceptors (Lipinski definition) is 7. The summed E-state index contributed by atoms with van der Waals surface area (Å²) in [5.41, 5.74) is 0.772. The van der Waals surface area contributed by atoms with E-state index < -0.39 is 23.4 Å². The van der Waals surface area contributed by atoms with Crippen molar-refractivity contribution in [2.45, 2.75) is 38.8 Å². The maximum absolute atomic E-state index is 13.1. The van der Waals surface area contributed by atoms with Crippen LogP contribution in [0.3, 0.4) is 0 Å². The molecule has 0 bridgehead atoms. The molecular formula is C21H28N4O4S. The van der Waals surface area contributed by atoms with Gasteiger partial charge in [-0.3, -0.25) is 24.7 Å². The molecule has 162 valence electrons. The molecule has 30 heavy (non-hydrogen) atoms. The Balaban J connectivity index is 2.25. The van der Waals surface area contributed by atoms with Gasteiger partial charge in [0.25, 0.3) is 0 Å². The lowest BCUT2D eigenvalue weighted by molar-refractivity contribution is -0.129. The van der Waals surface area contributed by atoms with E-state index in [9.17, 15) is 19.6 Å². The van der Waals surface area contributed by atoms with Crippen LogP contribution >= 0.6 is 12.2 Å². The van der Waals surface area contributed by atoms with E-state index in [2.05, 4.69) is 16.0 Å². The quantitative estimate of drug-likeness (QED) is 0.335. The van der Waals surface area contributed by atoms with Crippen LogP contribution in [0.15, 0.2) is 35.1 Å². The van der Waals surface area contributed by atoms with E-state index in [-0.39, 0.29) is 27.7 Å². The summed E-state index contributed by atoms with van der Waals surface area (Å²) in [4.78, 5) is 37.6. The first kappa shape index (κ1) is 23.5. The van der Waals surface area contributed by atoms with Crippen molar-refractivity contribution in [1.29, 1.82) is 0 Å². The Morgan fingerprint density at radius 1 is 1.20 bits per heavy atom. The van der Waals surface area contributed by atoms with Gasteiger partial charge >= 0.3 is 0 Å². The van der Waals surface area contributed by atoms with Crippen LogP contribution < -0.4 is 26.4 Å². The number of carbonyl (C=O) groups excluding carboxylic acids is 2. The standard InChI is InChI=1S/C21H28N4O4S/c1-5-12(2)15(24-16-17(25(4)29)19(30)18(16)26)21(28)23-14(20(27)22-3)11-13-9-7-6-8-10-13/h6-10,12,14-15,24,29H,5,11H2,1-4H3,(H,22,27)(H,23,28)/t12?,14-,15-/m0/s1. The first-order valence-corrected chi connectivity index (χ1v) is 10.2. The first-order chi connectivity index (χ1) is 14.2. The molecule has 0 aliphatic carbocycles. The van der Waals surface area contributed by atoms with Crippen LogP contribution in [0.4, 0.5) is 11.4 Å². The molecule has 9 heteroatoms. The largest absolute Gasteiger partial charge is 0.368 e. The lowest BCUT2D eigenvalue weighted by Gasteiger charge is -2.29. The van der Waals surface area contributed by atoms with E-state index in [4.69, 9.17) is 12.2 Å². The van der Waals surface area contributed by atoms with Crippen LogP contribution in [0, 0.1) is 10.4 Å². The summed E-state index contributed by atoms with van der Waals surface area (Å²) >= 11 is 4.98. The lowest BCUT2D eigenvalue weighted by Crippen LogP contribution is -2.53. The van der Waals surface area contributed by atoms with Crippen LogP contribution in [0.25, 0.3) is 0 Å². The van der Waals surface area contributed by atoms with Gasteiger partial charge in [0.15, 0.2) is 0 Å². The van der Waals surface area contributed by atoms with Gasteiger partial charge in [0.05, 0.1) is 0 Å². The van der Waals surface area contributed by atoms with Gasteiger partial charge in [0, 0.05) is 20.5 Å².